The van der Waals surface area contributed by atoms with Crippen molar-refractivity contribution in [2.75, 3.05) is 23.0 Å². The predicted molar refractivity (Wildman–Crippen MR) is 191 cm³/mol. The molecule has 11 nitrogen and oxygen atoms in total. The molecule has 0 unspecified atom stereocenters. The molecule has 0 N–H and O–H groups in total. The molecule has 0 bridgehead atoms. The summed E-state index contributed by atoms with van der Waals surface area (Å²) in [6, 6.07) is 20.2. The van der Waals surface area contributed by atoms with E-state index < -0.39 is 41.4 Å². The molecule has 4 amide bonds. The van der Waals surface area contributed by atoms with Crippen LogP contribution in [0, 0.1) is 0 Å². The Hall–Kier alpha value is -6.23. The summed E-state index contributed by atoms with van der Waals surface area (Å²) in [6.45, 7) is 4.71. The van der Waals surface area contributed by atoms with Crippen LogP contribution in [-0.4, -0.2) is 54.6 Å². The van der Waals surface area contributed by atoms with Gasteiger partial charge in [-0.25, -0.2) is 19.4 Å². The van der Waals surface area contributed by atoms with Gasteiger partial charge in [0, 0.05) is 11.1 Å². The first-order chi connectivity index (χ1) is 25.1. The second-order valence-electron chi connectivity index (χ2n) is 12.5. The van der Waals surface area contributed by atoms with Crippen LogP contribution in [0.5, 0.6) is 0 Å². The Kier molecular flexibility index (Phi) is 10.5. The van der Waals surface area contributed by atoms with Crippen molar-refractivity contribution >= 4 is 52.7 Å². The highest BCUT2D eigenvalue weighted by molar-refractivity contribution is 6.36. The number of anilines is 2. The SMILES string of the molecule is CCCCCOC(=O)c1ccc(N2C(=O)c3ccc(C(=O)c4ccc5c(c4)C(=O)N(c4ccc(C(=O)OCCCCC)cc4)C5=O)cc3C2=O)cc1. The molecule has 2 aliphatic heterocycles. The summed E-state index contributed by atoms with van der Waals surface area (Å²) in [7, 11) is 0. The van der Waals surface area contributed by atoms with E-state index in [0.717, 1.165) is 48.3 Å². The topological polar surface area (TPSA) is 144 Å². The number of nitrogens with zero attached hydrogens (tertiary/aromatic N) is 2. The molecule has 0 atom stereocenters. The van der Waals surface area contributed by atoms with Crippen molar-refractivity contribution in [3.63, 3.8) is 0 Å². The Morgan fingerprint density at radius 3 is 1.17 bits per heavy atom. The largest absolute Gasteiger partial charge is 0.462 e. The number of carbonyl (C=O) groups excluding carboxylic acids is 7. The maximum Gasteiger partial charge on any atom is 0.338 e. The molecule has 0 fully saturated rings. The number of benzene rings is 4. The lowest BCUT2D eigenvalue weighted by Crippen LogP contribution is -2.29. The zero-order valence-electron chi connectivity index (χ0n) is 28.8. The van der Waals surface area contributed by atoms with Crippen LogP contribution in [0.4, 0.5) is 11.4 Å². The second kappa shape index (κ2) is 15.3. The molecule has 0 spiro atoms. The molecule has 4 aromatic carbocycles. The lowest BCUT2D eigenvalue weighted by molar-refractivity contribution is 0.0489. The fourth-order valence-corrected chi connectivity index (χ4v) is 6.09. The van der Waals surface area contributed by atoms with Gasteiger partial charge in [-0.05, 0) is 85.6 Å². The molecule has 0 aromatic heterocycles. The highest BCUT2D eigenvalue weighted by Gasteiger charge is 2.39. The zero-order chi connectivity index (χ0) is 36.9. The average molecular weight is 701 g/mol. The maximum atomic E-state index is 13.6. The van der Waals surface area contributed by atoms with Crippen molar-refractivity contribution < 1.29 is 43.0 Å². The van der Waals surface area contributed by atoms with Gasteiger partial charge in [0.05, 0.1) is 58.0 Å². The molecule has 52 heavy (non-hydrogen) atoms. The Labute approximate surface area is 300 Å². The third-order valence-electron chi connectivity index (χ3n) is 8.98. The smallest absolute Gasteiger partial charge is 0.338 e. The average Bonchev–Trinajstić information content (AvgIpc) is 3.57. The number of rotatable bonds is 14. The minimum atomic E-state index is -0.634. The number of hydrogen-bond donors (Lipinski definition) is 0. The molecule has 4 aromatic rings. The first kappa shape index (κ1) is 35.6. The Morgan fingerprint density at radius 2 is 0.808 bits per heavy atom. The molecule has 11 heteroatoms. The first-order valence-electron chi connectivity index (χ1n) is 17.3. The van der Waals surface area contributed by atoms with Gasteiger partial charge in [-0.1, -0.05) is 51.7 Å². The number of imide groups is 2. The molecular weight excluding hydrogens is 664 g/mol. The monoisotopic (exact) mass is 700 g/mol. The molecule has 2 heterocycles. The summed E-state index contributed by atoms with van der Waals surface area (Å²) in [6.07, 6.45) is 5.41. The van der Waals surface area contributed by atoms with Crippen LogP contribution >= 0.6 is 0 Å². The van der Waals surface area contributed by atoms with Crippen LogP contribution in [0.3, 0.4) is 0 Å². The van der Waals surface area contributed by atoms with E-state index in [-0.39, 0.29) is 55.9 Å². The van der Waals surface area contributed by atoms with E-state index in [4.69, 9.17) is 9.47 Å². The van der Waals surface area contributed by atoms with Crippen molar-refractivity contribution in [2.45, 2.75) is 52.4 Å². The number of amides is 4. The Morgan fingerprint density at radius 1 is 0.462 bits per heavy atom. The van der Waals surface area contributed by atoms with Crippen LogP contribution in [0.15, 0.2) is 84.9 Å². The molecule has 0 saturated carbocycles. The van der Waals surface area contributed by atoms with Crippen LogP contribution in [-0.2, 0) is 9.47 Å². The molecule has 2 aliphatic rings. The van der Waals surface area contributed by atoms with E-state index in [1.54, 1.807) is 0 Å². The van der Waals surface area contributed by atoms with E-state index in [9.17, 15) is 33.6 Å². The van der Waals surface area contributed by atoms with Crippen LogP contribution in [0.2, 0.25) is 0 Å². The first-order valence-corrected chi connectivity index (χ1v) is 17.3. The fourth-order valence-electron chi connectivity index (χ4n) is 6.09. The van der Waals surface area contributed by atoms with Crippen LogP contribution < -0.4 is 9.80 Å². The number of hydrogen-bond acceptors (Lipinski definition) is 9. The van der Waals surface area contributed by atoms with Gasteiger partial charge in [0.25, 0.3) is 23.6 Å². The fraction of sp³-hybridized carbons (Fsp3) is 0.244. The lowest BCUT2D eigenvalue weighted by atomic mass is 9.96. The van der Waals surface area contributed by atoms with Crippen molar-refractivity contribution in [2.24, 2.45) is 0 Å². The van der Waals surface area contributed by atoms with Gasteiger partial charge in [-0.15, -0.1) is 0 Å². The highest BCUT2D eigenvalue weighted by atomic mass is 16.5. The van der Waals surface area contributed by atoms with E-state index in [1.807, 2.05) is 13.8 Å². The summed E-state index contributed by atoms with van der Waals surface area (Å²) < 4.78 is 10.6. The zero-order valence-corrected chi connectivity index (χ0v) is 28.8. The third-order valence-corrected chi connectivity index (χ3v) is 8.98. The molecule has 0 aliphatic carbocycles. The van der Waals surface area contributed by atoms with Crippen molar-refractivity contribution in [3.05, 3.63) is 129 Å². The summed E-state index contributed by atoms with van der Waals surface area (Å²) in [5.41, 5.74) is 1.58. The van der Waals surface area contributed by atoms with Gasteiger partial charge < -0.3 is 9.47 Å². The number of fused-ring (bicyclic) bond motifs is 2. The quantitative estimate of drug-likeness (QED) is 0.0577. The summed E-state index contributed by atoms with van der Waals surface area (Å²) >= 11 is 0. The predicted octanol–water partition coefficient (Wildman–Crippen LogP) is 7.21. The number of ketones is 1. The molecule has 0 saturated heterocycles. The van der Waals surface area contributed by atoms with E-state index in [0.29, 0.717) is 13.2 Å². The minimum Gasteiger partial charge on any atom is -0.462 e. The normalized spacial score (nSPS) is 13.3. The number of esters is 2. The van der Waals surface area contributed by atoms with Gasteiger partial charge in [-0.2, -0.15) is 0 Å². The Bertz CT molecular complexity index is 1950. The molecule has 0 radical (unpaired) electrons. The van der Waals surface area contributed by atoms with Crippen LogP contribution in [0.25, 0.3) is 0 Å². The lowest BCUT2D eigenvalue weighted by Gasteiger charge is -2.14. The molecular formula is C41H36N2O9. The van der Waals surface area contributed by atoms with Crippen molar-refractivity contribution in [1.29, 1.82) is 0 Å². The van der Waals surface area contributed by atoms with E-state index >= 15 is 0 Å². The summed E-state index contributed by atoms with van der Waals surface area (Å²) in [4.78, 5) is 93.8. The third kappa shape index (κ3) is 6.89. The minimum absolute atomic E-state index is 0.0298. The Balaban J connectivity index is 1.15. The second-order valence-corrected chi connectivity index (χ2v) is 12.5. The van der Waals surface area contributed by atoms with Gasteiger partial charge in [-0.3, -0.25) is 24.0 Å². The maximum absolute atomic E-state index is 13.6. The van der Waals surface area contributed by atoms with Crippen molar-refractivity contribution in [3.8, 4) is 0 Å². The standard InChI is InChI=1S/C41H36N2O9/c1-3-5-7-21-51-40(49)25-9-15-29(16-10-25)42-36(45)31-19-13-27(23-33(31)38(42)47)35(44)28-14-20-32-34(24-28)39(48)43(37(32)46)30-17-11-26(12-18-30)41(50)52-22-8-6-4-2/h9-20,23-24H,3-8,21-22H2,1-2H3. The van der Waals surface area contributed by atoms with Gasteiger partial charge in [0.15, 0.2) is 5.78 Å². The van der Waals surface area contributed by atoms with Gasteiger partial charge in [0.2, 0.25) is 0 Å². The number of unbranched alkanes of at least 4 members (excludes halogenated alkanes) is 4. The molecule has 264 valence electrons. The van der Waals surface area contributed by atoms with Gasteiger partial charge in [0.1, 0.15) is 0 Å². The van der Waals surface area contributed by atoms with Crippen LogP contribution in [0.1, 0.15) is 130 Å². The number of ether oxygens (including phenoxy) is 2. The molecule has 6 rings (SSSR count). The number of carbonyl (C=O) groups is 7. The summed E-state index contributed by atoms with van der Waals surface area (Å²) in [5.74, 6) is -3.93. The van der Waals surface area contributed by atoms with E-state index in [2.05, 4.69) is 0 Å². The summed E-state index contributed by atoms with van der Waals surface area (Å²) in [5, 5.41) is 0. The van der Waals surface area contributed by atoms with Gasteiger partial charge >= 0.3 is 11.9 Å². The highest BCUT2D eigenvalue weighted by Crippen LogP contribution is 2.32. The van der Waals surface area contributed by atoms with Crippen molar-refractivity contribution in [1.82, 2.24) is 0 Å². The van der Waals surface area contributed by atoms with E-state index in [1.165, 1.54) is 84.9 Å².